The molecule has 1 aromatic heterocycles. The highest BCUT2D eigenvalue weighted by Crippen LogP contribution is 2.18. The topological polar surface area (TPSA) is 64.7 Å². The normalized spacial score (nSPS) is 19.2. The van der Waals surface area contributed by atoms with Gasteiger partial charge in [0.1, 0.15) is 0 Å². The van der Waals surface area contributed by atoms with Crippen molar-refractivity contribution in [1.29, 1.82) is 0 Å². The van der Waals surface area contributed by atoms with Crippen LogP contribution in [0.15, 0.2) is 17.5 Å². The van der Waals surface area contributed by atoms with Crippen molar-refractivity contribution in [2.75, 3.05) is 45.8 Å². The van der Waals surface area contributed by atoms with Crippen LogP contribution >= 0.6 is 11.3 Å². The molecule has 1 aromatic rings. The van der Waals surface area contributed by atoms with Gasteiger partial charge in [-0.3, -0.25) is 19.4 Å². The van der Waals surface area contributed by atoms with Crippen LogP contribution in [0.5, 0.6) is 0 Å². The highest BCUT2D eigenvalue weighted by atomic mass is 32.1. The summed E-state index contributed by atoms with van der Waals surface area (Å²) in [6, 6.07) is 4.55. The zero-order valence-electron chi connectivity index (χ0n) is 14.0. The predicted molar refractivity (Wildman–Crippen MR) is 95.1 cm³/mol. The number of hydrogen-bond acceptors (Lipinski definition) is 5. The minimum atomic E-state index is 0.0893. The highest BCUT2D eigenvalue weighted by molar-refractivity contribution is 7.09. The molecule has 7 heteroatoms. The van der Waals surface area contributed by atoms with E-state index in [0.29, 0.717) is 25.7 Å². The molecular weight excluding hydrogens is 324 g/mol. The van der Waals surface area contributed by atoms with E-state index in [0.717, 1.165) is 45.4 Å². The van der Waals surface area contributed by atoms with Crippen LogP contribution in [-0.2, 0) is 16.0 Å². The fourth-order valence-electron chi connectivity index (χ4n) is 2.85. The SMILES string of the molecule is O=C(CN1CCN(CC(=O)NC2CC2)CC1)NCCc1cccs1. The van der Waals surface area contributed by atoms with Crippen molar-refractivity contribution in [3.63, 3.8) is 0 Å². The first-order valence-corrected chi connectivity index (χ1v) is 9.60. The third-order valence-electron chi connectivity index (χ3n) is 4.42. The number of thiophene rings is 1. The zero-order valence-corrected chi connectivity index (χ0v) is 14.8. The van der Waals surface area contributed by atoms with Crippen LogP contribution in [0.4, 0.5) is 0 Å². The van der Waals surface area contributed by atoms with Crippen molar-refractivity contribution in [2.24, 2.45) is 0 Å². The molecule has 6 nitrogen and oxygen atoms in total. The molecule has 0 aromatic carbocycles. The van der Waals surface area contributed by atoms with Crippen LogP contribution in [0.3, 0.4) is 0 Å². The molecule has 2 aliphatic rings. The molecule has 0 bridgehead atoms. The molecule has 1 aliphatic carbocycles. The molecule has 1 aliphatic heterocycles. The molecule has 0 unspecified atom stereocenters. The lowest BCUT2D eigenvalue weighted by molar-refractivity contribution is -0.125. The average molecular weight is 350 g/mol. The summed E-state index contributed by atoms with van der Waals surface area (Å²) in [4.78, 5) is 29.4. The molecule has 3 rings (SSSR count). The second-order valence-corrected chi connectivity index (χ2v) is 7.61. The summed E-state index contributed by atoms with van der Waals surface area (Å²) in [5, 5.41) is 8.07. The molecule has 0 atom stereocenters. The van der Waals surface area contributed by atoms with Crippen molar-refractivity contribution in [1.82, 2.24) is 20.4 Å². The van der Waals surface area contributed by atoms with Gasteiger partial charge in [0, 0.05) is 43.6 Å². The molecule has 24 heavy (non-hydrogen) atoms. The molecule has 0 radical (unpaired) electrons. The van der Waals surface area contributed by atoms with Crippen LogP contribution < -0.4 is 10.6 Å². The zero-order chi connectivity index (χ0) is 16.8. The Morgan fingerprint density at radius 1 is 1.08 bits per heavy atom. The number of piperazine rings is 1. The maximum absolute atomic E-state index is 12.0. The Labute approximate surface area is 147 Å². The Morgan fingerprint density at radius 2 is 1.75 bits per heavy atom. The first-order chi connectivity index (χ1) is 11.7. The number of nitrogens with zero attached hydrogens (tertiary/aromatic N) is 2. The minimum absolute atomic E-state index is 0.0893. The summed E-state index contributed by atoms with van der Waals surface area (Å²) in [6.07, 6.45) is 3.15. The summed E-state index contributed by atoms with van der Waals surface area (Å²) in [7, 11) is 0. The van der Waals surface area contributed by atoms with Gasteiger partial charge in [0.15, 0.2) is 0 Å². The minimum Gasteiger partial charge on any atom is -0.355 e. The summed E-state index contributed by atoms with van der Waals surface area (Å²) in [5.74, 6) is 0.226. The summed E-state index contributed by atoms with van der Waals surface area (Å²) in [5.41, 5.74) is 0. The van der Waals surface area contributed by atoms with Crippen LogP contribution in [0.2, 0.25) is 0 Å². The summed E-state index contributed by atoms with van der Waals surface area (Å²) in [6.45, 7) is 5.01. The Morgan fingerprint density at radius 3 is 2.33 bits per heavy atom. The lowest BCUT2D eigenvalue weighted by Gasteiger charge is -2.33. The van der Waals surface area contributed by atoms with E-state index in [9.17, 15) is 9.59 Å². The van der Waals surface area contributed by atoms with E-state index >= 15 is 0 Å². The number of nitrogens with one attached hydrogen (secondary N) is 2. The molecule has 2 N–H and O–H groups in total. The quantitative estimate of drug-likeness (QED) is 0.708. The van der Waals surface area contributed by atoms with Crippen molar-refractivity contribution in [2.45, 2.75) is 25.3 Å². The van der Waals surface area contributed by atoms with E-state index in [4.69, 9.17) is 0 Å². The van der Waals surface area contributed by atoms with Crippen LogP contribution in [0.1, 0.15) is 17.7 Å². The fourth-order valence-corrected chi connectivity index (χ4v) is 3.56. The Balaban J connectivity index is 1.27. The lowest BCUT2D eigenvalue weighted by Crippen LogP contribution is -2.51. The summed E-state index contributed by atoms with van der Waals surface area (Å²) < 4.78 is 0. The lowest BCUT2D eigenvalue weighted by atomic mass is 10.3. The van der Waals surface area contributed by atoms with E-state index in [1.165, 1.54) is 4.88 Å². The van der Waals surface area contributed by atoms with Crippen molar-refractivity contribution in [3.05, 3.63) is 22.4 Å². The van der Waals surface area contributed by atoms with Gasteiger partial charge in [-0.1, -0.05) is 6.07 Å². The van der Waals surface area contributed by atoms with Crippen LogP contribution in [0, 0.1) is 0 Å². The van der Waals surface area contributed by atoms with Gasteiger partial charge in [-0.2, -0.15) is 0 Å². The Bertz CT molecular complexity index is 537. The van der Waals surface area contributed by atoms with Gasteiger partial charge in [0.2, 0.25) is 11.8 Å². The third kappa shape index (κ3) is 5.89. The third-order valence-corrected chi connectivity index (χ3v) is 5.35. The van der Waals surface area contributed by atoms with E-state index < -0.39 is 0 Å². The van der Waals surface area contributed by atoms with Gasteiger partial charge in [-0.15, -0.1) is 11.3 Å². The first kappa shape index (κ1) is 17.4. The standard InChI is InChI=1S/C17H26N4O2S/c22-16(18-6-5-15-2-1-11-24-15)12-20-7-9-21(10-8-20)13-17(23)19-14-3-4-14/h1-2,11,14H,3-10,12-13H2,(H,18,22)(H,19,23). The van der Waals surface area contributed by atoms with E-state index in [1.807, 2.05) is 6.07 Å². The van der Waals surface area contributed by atoms with E-state index in [1.54, 1.807) is 11.3 Å². The monoisotopic (exact) mass is 350 g/mol. The Hall–Kier alpha value is -1.44. The average Bonchev–Trinajstić information content (AvgIpc) is 3.21. The van der Waals surface area contributed by atoms with Crippen molar-refractivity contribution >= 4 is 23.2 Å². The largest absolute Gasteiger partial charge is 0.355 e. The summed E-state index contributed by atoms with van der Waals surface area (Å²) >= 11 is 1.72. The van der Waals surface area contributed by atoms with Gasteiger partial charge >= 0.3 is 0 Å². The van der Waals surface area contributed by atoms with E-state index in [-0.39, 0.29) is 11.8 Å². The van der Waals surface area contributed by atoms with Gasteiger partial charge in [0.05, 0.1) is 13.1 Å². The molecule has 2 amide bonds. The van der Waals surface area contributed by atoms with Crippen molar-refractivity contribution < 1.29 is 9.59 Å². The first-order valence-electron chi connectivity index (χ1n) is 8.72. The molecular formula is C17H26N4O2S. The predicted octanol–water partition coefficient (Wildman–Crippen LogP) is 0.303. The smallest absolute Gasteiger partial charge is 0.234 e. The van der Waals surface area contributed by atoms with Crippen molar-refractivity contribution in [3.8, 4) is 0 Å². The van der Waals surface area contributed by atoms with Gasteiger partial charge in [0.25, 0.3) is 0 Å². The van der Waals surface area contributed by atoms with E-state index in [2.05, 4.69) is 31.9 Å². The molecule has 1 saturated heterocycles. The highest BCUT2D eigenvalue weighted by Gasteiger charge is 2.25. The second-order valence-electron chi connectivity index (χ2n) is 6.57. The van der Waals surface area contributed by atoms with Gasteiger partial charge in [-0.25, -0.2) is 0 Å². The number of amides is 2. The molecule has 2 fully saturated rings. The maximum atomic E-state index is 12.0. The number of rotatable bonds is 8. The second kappa shape index (κ2) is 8.60. The molecule has 0 spiro atoms. The molecule has 2 heterocycles. The van der Waals surface area contributed by atoms with Gasteiger partial charge in [-0.05, 0) is 30.7 Å². The molecule has 132 valence electrons. The maximum Gasteiger partial charge on any atom is 0.234 e. The van der Waals surface area contributed by atoms with Crippen LogP contribution in [-0.4, -0.2) is 73.5 Å². The molecule has 1 saturated carbocycles. The Kier molecular flexibility index (Phi) is 6.23. The fraction of sp³-hybridized carbons (Fsp3) is 0.647. The number of hydrogen-bond donors (Lipinski definition) is 2. The number of carbonyl (C=O) groups excluding carboxylic acids is 2. The van der Waals surface area contributed by atoms with Gasteiger partial charge < -0.3 is 10.6 Å². The number of carbonyl (C=O) groups is 2. The van der Waals surface area contributed by atoms with Crippen LogP contribution in [0.25, 0.3) is 0 Å².